The largest absolute Gasteiger partial charge is 0.376 e. The monoisotopic (exact) mass is 278 g/mol. The Kier molecular flexibility index (Phi) is 2.53. The lowest BCUT2D eigenvalue weighted by Gasteiger charge is -2.14. The second-order valence-electron chi connectivity index (χ2n) is 3.81. The van der Waals surface area contributed by atoms with Crippen LogP contribution in [0.5, 0.6) is 0 Å². The average molecular weight is 279 g/mol. The van der Waals surface area contributed by atoms with Gasteiger partial charge < -0.3 is 4.74 Å². The molecule has 1 aliphatic heterocycles. The summed E-state index contributed by atoms with van der Waals surface area (Å²) < 4.78 is 8.49. The molecule has 0 atom stereocenters. The van der Waals surface area contributed by atoms with Gasteiger partial charge in [0, 0.05) is 16.5 Å². The lowest BCUT2D eigenvalue weighted by atomic mass is 10.1. The second-order valence-corrected chi connectivity index (χ2v) is 4.72. The molecule has 0 N–H and O–H groups in total. The number of aromatic nitrogens is 2. The van der Waals surface area contributed by atoms with Crippen molar-refractivity contribution in [2.45, 2.75) is 13.0 Å². The van der Waals surface area contributed by atoms with Crippen molar-refractivity contribution < 1.29 is 4.74 Å². The number of rotatable bonds is 1. The summed E-state index contributed by atoms with van der Waals surface area (Å²) in [7, 11) is 0. The van der Waals surface area contributed by atoms with Crippen LogP contribution in [0.25, 0.3) is 5.69 Å². The summed E-state index contributed by atoms with van der Waals surface area (Å²) in [5.41, 5.74) is 3.58. The third kappa shape index (κ3) is 1.68. The maximum absolute atomic E-state index is 5.40. The van der Waals surface area contributed by atoms with E-state index in [0.717, 1.165) is 23.2 Å². The first kappa shape index (κ1) is 10.1. The van der Waals surface area contributed by atoms with Crippen LogP contribution < -0.4 is 0 Å². The standard InChI is InChI=1S/C12H11BrN2O/c13-10-1-3-11(4-2-10)15-12-5-6-16-8-9(12)7-14-15/h1-4,7H,5-6,8H2. The molecule has 0 amide bonds. The molecule has 2 heterocycles. The zero-order valence-corrected chi connectivity index (χ0v) is 10.3. The number of halogens is 1. The average Bonchev–Trinajstić information content (AvgIpc) is 2.74. The van der Waals surface area contributed by atoms with Crippen LogP contribution in [0, 0.1) is 0 Å². The van der Waals surface area contributed by atoms with E-state index in [1.54, 1.807) is 0 Å². The van der Waals surface area contributed by atoms with Crippen molar-refractivity contribution >= 4 is 15.9 Å². The summed E-state index contributed by atoms with van der Waals surface area (Å²) in [6.45, 7) is 1.47. The Morgan fingerprint density at radius 1 is 1.25 bits per heavy atom. The van der Waals surface area contributed by atoms with Gasteiger partial charge in [0.25, 0.3) is 0 Å². The number of benzene rings is 1. The van der Waals surface area contributed by atoms with Gasteiger partial charge in [0.1, 0.15) is 0 Å². The molecule has 3 nitrogen and oxygen atoms in total. The highest BCUT2D eigenvalue weighted by atomic mass is 79.9. The molecule has 1 aromatic heterocycles. The van der Waals surface area contributed by atoms with E-state index in [4.69, 9.17) is 4.74 Å². The molecule has 0 saturated heterocycles. The van der Waals surface area contributed by atoms with Crippen LogP contribution in [0.2, 0.25) is 0 Å². The minimum absolute atomic E-state index is 0.686. The normalized spacial score (nSPS) is 14.8. The summed E-state index contributed by atoms with van der Waals surface area (Å²) >= 11 is 3.43. The third-order valence-corrected chi connectivity index (χ3v) is 3.30. The fourth-order valence-electron chi connectivity index (χ4n) is 1.95. The van der Waals surface area contributed by atoms with Gasteiger partial charge in [0.2, 0.25) is 0 Å². The molecule has 3 rings (SSSR count). The van der Waals surface area contributed by atoms with Gasteiger partial charge in [-0.1, -0.05) is 15.9 Å². The van der Waals surface area contributed by atoms with Crippen molar-refractivity contribution in [2.24, 2.45) is 0 Å². The molecule has 0 bridgehead atoms. The van der Waals surface area contributed by atoms with Gasteiger partial charge in [-0.3, -0.25) is 0 Å². The van der Waals surface area contributed by atoms with E-state index >= 15 is 0 Å². The zero-order chi connectivity index (χ0) is 11.0. The Morgan fingerprint density at radius 3 is 2.88 bits per heavy atom. The van der Waals surface area contributed by atoms with Gasteiger partial charge in [0.05, 0.1) is 30.8 Å². The second kappa shape index (κ2) is 4.03. The first-order valence-corrected chi connectivity index (χ1v) is 6.03. The van der Waals surface area contributed by atoms with Gasteiger partial charge >= 0.3 is 0 Å². The van der Waals surface area contributed by atoms with Crippen LogP contribution in [0.1, 0.15) is 11.3 Å². The molecule has 1 aromatic carbocycles. The van der Waals surface area contributed by atoms with Crippen molar-refractivity contribution in [3.8, 4) is 5.69 Å². The van der Waals surface area contributed by atoms with E-state index in [1.165, 1.54) is 11.3 Å². The predicted octanol–water partition coefficient (Wildman–Crippen LogP) is 2.71. The number of nitrogens with zero attached hydrogens (tertiary/aromatic N) is 2. The van der Waals surface area contributed by atoms with Gasteiger partial charge in [-0.05, 0) is 24.3 Å². The van der Waals surface area contributed by atoms with E-state index in [0.29, 0.717) is 6.61 Å². The molecule has 0 radical (unpaired) electrons. The van der Waals surface area contributed by atoms with Crippen molar-refractivity contribution in [3.63, 3.8) is 0 Å². The van der Waals surface area contributed by atoms with Crippen molar-refractivity contribution in [2.75, 3.05) is 6.61 Å². The summed E-state index contributed by atoms with van der Waals surface area (Å²) in [5.74, 6) is 0. The van der Waals surface area contributed by atoms with Gasteiger partial charge in [0.15, 0.2) is 0 Å². The SMILES string of the molecule is Brc1ccc(-n2ncc3c2CCOC3)cc1. The fraction of sp³-hybridized carbons (Fsp3) is 0.250. The van der Waals surface area contributed by atoms with Gasteiger partial charge in [-0.15, -0.1) is 0 Å². The molecule has 4 heteroatoms. The van der Waals surface area contributed by atoms with Crippen LogP contribution in [0.3, 0.4) is 0 Å². The zero-order valence-electron chi connectivity index (χ0n) is 8.69. The Hall–Kier alpha value is -1.13. The molecule has 0 fully saturated rings. The Balaban J connectivity index is 2.06. The summed E-state index contributed by atoms with van der Waals surface area (Å²) in [6.07, 6.45) is 2.84. The Labute approximate surface area is 102 Å². The van der Waals surface area contributed by atoms with Crippen LogP contribution in [-0.2, 0) is 17.8 Å². The van der Waals surface area contributed by atoms with E-state index < -0.39 is 0 Å². The van der Waals surface area contributed by atoms with E-state index in [9.17, 15) is 0 Å². The molecule has 1 aliphatic rings. The lowest BCUT2D eigenvalue weighted by Crippen LogP contribution is -2.12. The maximum Gasteiger partial charge on any atom is 0.0750 e. The van der Waals surface area contributed by atoms with Crippen LogP contribution in [0.15, 0.2) is 34.9 Å². The number of fused-ring (bicyclic) bond motifs is 1. The van der Waals surface area contributed by atoms with Crippen molar-refractivity contribution in [1.29, 1.82) is 0 Å². The molecule has 0 saturated carbocycles. The van der Waals surface area contributed by atoms with Crippen molar-refractivity contribution in [1.82, 2.24) is 9.78 Å². The van der Waals surface area contributed by atoms with Crippen LogP contribution in [0.4, 0.5) is 0 Å². The molecule has 0 spiro atoms. The number of hydrogen-bond donors (Lipinski definition) is 0. The summed E-state index contributed by atoms with van der Waals surface area (Å²) in [4.78, 5) is 0. The molecular formula is C12H11BrN2O. The molecular weight excluding hydrogens is 268 g/mol. The molecule has 82 valence electrons. The smallest absolute Gasteiger partial charge is 0.0750 e. The number of hydrogen-bond acceptors (Lipinski definition) is 2. The fourth-order valence-corrected chi connectivity index (χ4v) is 2.21. The highest BCUT2D eigenvalue weighted by molar-refractivity contribution is 9.10. The summed E-state index contributed by atoms with van der Waals surface area (Å²) in [6, 6.07) is 8.19. The number of ether oxygens (including phenoxy) is 1. The topological polar surface area (TPSA) is 27.1 Å². The minimum Gasteiger partial charge on any atom is -0.376 e. The van der Waals surface area contributed by atoms with E-state index in [1.807, 2.05) is 23.0 Å². The molecule has 0 unspecified atom stereocenters. The van der Waals surface area contributed by atoms with E-state index in [2.05, 4.69) is 33.2 Å². The first-order chi connectivity index (χ1) is 7.84. The third-order valence-electron chi connectivity index (χ3n) is 2.77. The first-order valence-electron chi connectivity index (χ1n) is 5.24. The molecule has 2 aromatic rings. The molecule has 0 aliphatic carbocycles. The maximum atomic E-state index is 5.40. The summed E-state index contributed by atoms with van der Waals surface area (Å²) in [5, 5.41) is 4.42. The highest BCUT2D eigenvalue weighted by Crippen LogP contribution is 2.21. The van der Waals surface area contributed by atoms with Gasteiger partial charge in [-0.25, -0.2) is 4.68 Å². The van der Waals surface area contributed by atoms with Crippen LogP contribution >= 0.6 is 15.9 Å². The molecule has 16 heavy (non-hydrogen) atoms. The van der Waals surface area contributed by atoms with Crippen molar-refractivity contribution in [3.05, 3.63) is 46.2 Å². The van der Waals surface area contributed by atoms with Crippen LogP contribution in [-0.4, -0.2) is 16.4 Å². The minimum atomic E-state index is 0.686. The van der Waals surface area contributed by atoms with Gasteiger partial charge in [-0.2, -0.15) is 5.10 Å². The predicted molar refractivity (Wildman–Crippen MR) is 64.6 cm³/mol. The Bertz CT molecular complexity index is 504. The Morgan fingerprint density at radius 2 is 2.06 bits per heavy atom. The highest BCUT2D eigenvalue weighted by Gasteiger charge is 2.15. The van der Waals surface area contributed by atoms with E-state index in [-0.39, 0.29) is 0 Å². The lowest BCUT2D eigenvalue weighted by molar-refractivity contribution is 0.109. The quantitative estimate of drug-likeness (QED) is 0.802.